The topological polar surface area (TPSA) is 74.5 Å². The number of benzene rings is 3. The molecule has 0 unspecified atom stereocenters. The van der Waals surface area contributed by atoms with E-state index in [0.29, 0.717) is 22.4 Å². The molecule has 0 aliphatic heterocycles. The molecule has 0 N–H and O–H groups in total. The average molecular weight is 433 g/mol. The largest absolute Gasteiger partial charge is 0.484 e. The number of nitrogens with zero attached hydrogens (tertiary/aromatic N) is 2. The van der Waals surface area contributed by atoms with Crippen LogP contribution in [0.2, 0.25) is 0 Å². The van der Waals surface area contributed by atoms with Crippen LogP contribution in [-0.4, -0.2) is 21.7 Å². The highest BCUT2D eigenvalue weighted by atomic mass is 32.2. The number of ketones is 1. The number of thioether (sulfide) groups is 1. The number of carbonyl (C=O) groups is 1. The maximum atomic E-state index is 12.5. The van der Waals surface area contributed by atoms with E-state index in [-0.39, 0.29) is 18.1 Å². The lowest BCUT2D eigenvalue weighted by Gasteiger charge is -2.06. The van der Waals surface area contributed by atoms with Crippen LogP contribution in [0.4, 0.5) is 0 Å². The Morgan fingerprint density at radius 3 is 2.42 bits per heavy atom. The van der Waals surface area contributed by atoms with Crippen molar-refractivity contribution in [3.63, 3.8) is 0 Å². The zero-order valence-corrected chi connectivity index (χ0v) is 17.7. The Labute approximate surface area is 184 Å². The third-order valence-corrected chi connectivity index (χ3v) is 5.10. The van der Waals surface area contributed by atoms with Gasteiger partial charge in [-0.1, -0.05) is 42.1 Å². The van der Waals surface area contributed by atoms with Crippen molar-refractivity contribution < 1.29 is 18.7 Å². The van der Waals surface area contributed by atoms with Gasteiger partial charge >= 0.3 is 0 Å². The first kappa shape index (κ1) is 20.7. The summed E-state index contributed by atoms with van der Waals surface area (Å²) in [5.74, 6) is 2.67. The SMILES string of the molecule is Cc1cccc(OCc2nnc(SCC(=O)c3ccc(Oc4ccccc4)cc3)o2)c1. The average Bonchev–Trinajstić information content (AvgIpc) is 3.25. The van der Waals surface area contributed by atoms with Gasteiger partial charge in [-0.05, 0) is 61.0 Å². The first-order valence-electron chi connectivity index (χ1n) is 9.66. The maximum absolute atomic E-state index is 12.5. The Morgan fingerprint density at radius 2 is 1.65 bits per heavy atom. The van der Waals surface area contributed by atoms with Gasteiger partial charge in [0.05, 0.1) is 5.75 Å². The summed E-state index contributed by atoms with van der Waals surface area (Å²) in [6.45, 7) is 2.17. The fourth-order valence-corrected chi connectivity index (χ4v) is 3.42. The molecule has 0 aliphatic rings. The monoisotopic (exact) mass is 432 g/mol. The lowest BCUT2D eigenvalue weighted by Crippen LogP contribution is -2.02. The van der Waals surface area contributed by atoms with Crippen LogP contribution in [0.5, 0.6) is 17.2 Å². The van der Waals surface area contributed by atoms with Crippen molar-refractivity contribution in [3.05, 3.63) is 95.9 Å². The van der Waals surface area contributed by atoms with Gasteiger partial charge < -0.3 is 13.9 Å². The number of aryl methyl sites for hydroxylation is 1. The van der Waals surface area contributed by atoms with E-state index in [4.69, 9.17) is 13.9 Å². The summed E-state index contributed by atoms with van der Waals surface area (Å²) >= 11 is 1.20. The predicted molar refractivity (Wildman–Crippen MR) is 118 cm³/mol. The van der Waals surface area contributed by atoms with E-state index >= 15 is 0 Å². The second kappa shape index (κ2) is 9.95. The Kier molecular flexibility index (Phi) is 6.64. The summed E-state index contributed by atoms with van der Waals surface area (Å²) < 4.78 is 16.9. The number of Topliss-reactive ketones (excluding diaryl/α,β-unsaturated/α-hetero) is 1. The van der Waals surface area contributed by atoms with Crippen LogP contribution in [0.1, 0.15) is 21.8 Å². The molecule has 4 aromatic rings. The van der Waals surface area contributed by atoms with Gasteiger partial charge in [0, 0.05) is 5.56 Å². The third-order valence-electron chi connectivity index (χ3n) is 4.28. The van der Waals surface area contributed by atoms with Crippen LogP contribution < -0.4 is 9.47 Å². The molecule has 1 heterocycles. The molecule has 3 aromatic carbocycles. The summed E-state index contributed by atoms with van der Waals surface area (Å²) in [4.78, 5) is 12.5. The van der Waals surface area contributed by atoms with Gasteiger partial charge in [0.2, 0.25) is 0 Å². The van der Waals surface area contributed by atoms with Crippen molar-refractivity contribution in [3.8, 4) is 17.2 Å². The number of carbonyl (C=O) groups excluding carboxylic acids is 1. The standard InChI is InChI=1S/C24H20N2O4S/c1-17-6-5-9-21(14-17)28-15-23-25-26-24(30-23)31-16-22(27)18-10-12-20(13-11-18)29-19-7-3-2-4-8-19/h2-14H,15-16H2,1H3. The van der Waals surface area contributed by atoms with Gasteiger partial charge in [0.25, 0.3) is 11.1 Å². The number of aromatic nitrogens is 2. The van der Waals surface area contributed by atoms with E-state index in [1.807, 2.05) is 61.5 Å². The number of ether oxygens (including phenoxy) is 2. The highest BCUT2D eigenvalue weighted by molar-refractivity contribution is 7.99. The third kappa shape index (κ3) is 5.96. The number of hydrogen-bond donors (Lipinski definition) is 0. The molecule has 4 rings (SSSR count). The minimum Gasteiger partial charge on any atom is -0.484 e. The molecule has 0 saturated heterocycles. The molecular weight excluding hydrogens is 412 g/mol. The maximum Gasteiger partial charge on any atom is 0.277 e. The van der Waals surface area contributed by atoms with Crippen LogP contribution in [0, 0.1) is 6.92 Å². The predicted octanol–water partition coefficient (Wildman–Crippen LogP) is 5.72. The first-order chi connectivity index (χ1) is 15.2. The Bertz CT molecular complexity index is 1140. The van der Waals surface area contributed by atoms with E-state index in [9.17, 15) is 4.79 Å². The van der Waals surface area contributed by atoms with Gasteiger partial charge in [-0.15, -0.1) is 10.2 Å². The molecule has 156 valence electrons. The van der Waals surface area contributed by atoms with Crippen molar-refractivity contribution in [2.45, 2.75) is 18.8 Å². The zero-order valence-electron chi connectivity index (χ0n) is 16.9. The molecule has 0 radical (unpaired) electrons. The van der Waals surface area contributed by atoms with Crippen molar-refractivity contribution in [2.75, 3.05) is 5.75 Å². The van der Waals surface area contributed by atoms with Gasteiger partial charge in [0.1, 0.15) is 17.2 Å². The summed E-state index contributed by atoms with van der Waals surface area (Å²) in [6.07, 6.45) is 0. The Hall–Kier alpha value is -3.58. The smallest absolute Gasteiger partial charge is 0.277 e. The normalized spacial score (nSPS) is 10.6. The van der Waals surface area contributed by atoms with Crippen LogP contribution in [0.25, 0.3) is 0 Å². The zero-order chi connectivity index (χ0) is 21.5. The van der Waals surface area contributed by atoms with E-state index in [0.717, 1.165) is 17.1 Å². The van der Waals surface area contributed by atoms with Gasteiger partial charge in [-0.25, -0.2) is 0 Å². The summed E-state index contributed by atoms with van der Waals surface area (Å²) in [5, 5.41) is 8.27. The molecule has 0 fully saturated rings. The van der Waals surface area contributed by atoms with E-state index in [1.54, 1.807) is 24.3 Å². The summed E-state index contributed by atoms with van der Waals surface area (Å²) in [6, 6.07) is 24.2. The molecule has 0 amide bonds. The van der Waals surface area contributed by atoms with Gasteiger partial charge in [-0.3, -0.25) is 4.79 Å². The number of para-hydroxylation sites is 1. The van der Waals surface area contributed by atoms with Crippen molar-refractivity contribution in [1.82, 2.24) is 10.2 Å². The van der Waals surface area contributed by atoms with Crippen LogP contribution in [0.15, 0.2) is 88.5 Å². The van der Waals surface area contributed by atoms with Crippen LogP contribution >= 0.6 is 11.8 Å². The molecule has 1 aromatic heterocycles. The van der Waals surface area contributed by atoms with E-state index in [2.05, 4.69) is 10.2 Å². The minimum absolute atomic E-state index is 0.0352. The first-order valence-corrected chi connectivity index (χ1v) is 10.6. The minimum atomic E-state index is -0.0352. The van der Waals surface area contributed by atoms with Gasteiger partial charge in [-0.2, -0.15) is 0 Å². The highest BCUT2D eigenvalue weighted by Crippen LogP contribution is 2.23. The lowest BCUT2D eigenvalue weighted by atomic mass is 10.1. The fourth-order valence-electron chi connectivity index (χ4n) is 2.75. The molecule has 0 aliphatic carbocycles. The molecule has 0 saturated carbocycles. The van der Waals surface area contributed by atoms with E-state index in [1.165, 1.54) is 11.8 Å². The van der Waals surface area contributed by atoms with E-state index < -0.39 is 0 Å². The molecule has 0 bridgehead atoms. The van der Waals surface area contributed by atoms with Crippen molar-refractivity contribution in [1.29, 1.82) is 0 Å². The molecule has 31 heavy (non-hydrogen) atoms. The van der Waals surface area contributed by atoms with Crippen LogP contribution in [0.3, 0.4) is 0 Å². The van der Waals surface area contributed by atoms with Gasteiger partial charge in [0.15, 0.2) is 12.4 Å². The second-order valence-corrected chi connectivity index (χ2v) is 7.64. The Balaban J connectivity index is 1.27. The molecule has 0 spiro atoms. The lowest BCUT2D eigenvalue weighted by molar-refractivity contribution is 0.102. The summed E-state index contributed by atoms with van der Waals surface area (Å²) in [7, 11) is 0. The molecule has 0 atom stereocenters. The number of rotatable bonds is 9. The molecular formula is C24H20N2O4S. The van der Waals surface area contributed by atoms with Crippen molar-refractivity contribution in [2.24, 2.45) is 0 Å². The van der Waals surface area contributed by atoms with Crippen LogP contribution in [-0.2, 0) is 6.61 Å². The second-order valence-electron chi connectivity index (χ2n) is 6.72. The molecule has 6 nitrogen and oxygen atoms in total. The highest BCUT2D eigenvalue weighted by Gasteiger charge is 2.12. The number of hydrogen-bond acceptors (Lipinski definition) is 7. The summed E-state index contributed by atoms with van der Waals surface area (Å²) in [5.41, 5.74) is 1.70. The fraction of sp³-hybridized carbons (Fsp3) is 0.125. The Morgan fingerprint density at radius 1 is 0.903 bits per heavy atom. The quantitative estimate of drug-likeness (QED) is 0.247. The van der Waals surface area contributed by atoms with Crippen molar-refractivity contribution >= 4 is 17.5 Å². The molecule has 7 heteroatoms.